The first-order valence-corrected chi connectivity index (χ1v) is 13.9. The van der Waals surface area contributed by atoms with Gasteiger partial charge in [-0.25, -0.2) is 8.42 Å². The Bertz CT molecular complexity index is 777. The highest BCUT2D eigenvalue weighted by Gasteiger charge is 2.23. The van der Waals surface area contributed by atoms with Crippen molar-refractivity contribution in [1.82, 2.24) is 0 Å². The molecule has 1 aromatic rings. The molecule has 156 valence electrons. The molecule has 1 aromatic carbocycles. The molecule has 5 nitrogen and oxygen atoms in total. The molecule has 0 bridgehead atoms. The maximum Gasteiger partial charge on any atom is 0.401 e. The molecule has 0 N–H and O–H groups in total. The number of rotatable bonds is 14. The third-order valence-electron chi connectivity index (χ3n) is 4.31. The first kappa shape index (κ1) is 24.5. The molecule has 0 amide bonds. The van der Waals surface area contributed by atoms with Crippen molar-refractivity contribution in [1.29, 1.82) is 0 Å². The molecule has 0 aliphatic rings. The Morgan fingerprint density at radius 3 is 1.81 bits per heavy atom. The summed E-state index contributed by atoms with van der Waals surface area (Å²) in [6.45, 7) is 2.21. The molecule has 0 heterocycles. The van der Waals surface area contributed by atoms with Crippen molar-refractivity contribution in [3.05, 3.63) is 23.8 Å². The molecule has 0 atom stereocenters. The first-order valence-electron chi connectivity index (χ1n) is 9.35. The summed E-state index contributed by atoms with van der Waals surface area (Å²) in [5.41, 5.74) is 0.459. The van der Waals surface area contributed by atoms with Gasteiger partial charge in [0, 0.05) is 10.7 Å². The Morgan fingerprint density at radius 2 is 1.33 bits per heavy atom. The molecule has 0 unspecified atom stereocenters. The van der Waals surface area contributed by atoms with E-state index in [4.69, 9.17) is 25.5 Å². The van der Waals surface area contributed by atoms with E-state index in [1.807, 2.05) is 0 Å². The van der Waals surface area contributed by atoms with Crippen LogP contribution < -0.4 is 4.18 Å². The minimum absolute atomic E-state index is 0.307. The third kappa shape index (κ3) is 10.6. The Balaban J connectivity index is 2.55. The van der Waals surface area contributed by atoms with Crippen LogP contribution in [0.1, 0.15) is 76.7 Å². The standard InChI is InChI=1S/C18H28Cl2O5S2/c1-2-3-4-5-6-7-8-9-10-11-13-16-14-12-15-17(26(19,21)22)18(16)25-27(20,23)24/h12,14-15H,2-11,13H2,1H3. The third-order valence-corrected chi connectivity index (χ3v) is 6.21. The second kappa shape index (κ2) is 12.1. The van der Waals surface area contributed by atoms with Gasteiger partial charge in [-0.2, -0.15) is 8.42 Å². The summed E-state index contributed by atoms with van der Waals surface area (Å²) in [5, 5.41) is 0. The summed E-state index contributed by atoms with van der Waals surface area (Å²) in [5.74, 6) is -0.307. The summed E-state index contributed by atoms with van der Waals surface area (Å²) in [6, 6.07) is 4.33. The maximum absolute atomic E-state index is 11.7. The zero-order chi connectivity index (χ0) is 20.3. The Hall–Kier alpha value is -0.500. The summed E-state index contributed by atoms with van der Waals surface area (Å²) in [6.07, 6.45) is 12.2. The van der Waals surface area contributed by atoms with Crippen LogP contribution in [-0.2, 0) is 24.8 Å². The van der Waals surface area contributed by atoms with Crippen LogP contribution >= 0.6 is 21.4 Å². The molecule has 0 aliphatic heterocycles. The molecule has 0 saturated heterocycles. The van der Waals surface area contributed by atoms with Crippen LogP contribution in [0.4, 0.5) is 0 Å². The molecule has 0 radical (unpaired) electrons. The average Bonchev–Trinajstić information content (AvgIpc) is 2.55. The fraction of sp³-hybridized carbons (Fsp3) is 0.667. The number of hydrogen-bond acceptors (Lipinski definition) is 5. The molecule has 9 heteroatoms. The maximum atomic E-state index is 11.7. The lowest BCUT2D eigenvalue weighted by Crippen LogP contribution is -2.07. The minimum atomic E-state index is -4.39. The van der Waals surface area contributed by atoms with E-state index in [9.17, 15) is 16.8 Å². The van der Waals surface area contributed by atoms with Crippen LogP contribution in [0.5, 0.6) is 5.75 Å². The zero-order valence-corrected chi connectivity index (χ0v) is 18.8. The highest BCUT2D eigenvalue weighted by molar-refractivity contribution is 8.14. The lowest BCUT2D eigenvalue weighted by Gasteiger charge is -2.12. The van der Waals surface area contributed by atoms with Crippen LogP contribution in [-0.4, -0.2) is 16.8 Å². The van der Waals surface area contributed by atoms with Gasteiger partial charge in [0.2, 0.25) is 0 Å². The van der Waals surface area contributed by atoms with Gasteiger partial charge in [0.15, 0.2) is 5.75 Å². The monoisotopic (exact) mass is 458 g/mol. The number of unbranched alkanes of at least 4 members (excludes halogenated alkanes) is 9. The quantitative estimate of drug-likeness (QED) is 0.254. The van der Waals surface area contributed by atoms with Crippen LogP contribution in [0, 0.1) is 0 Å². The molecule has 0 saturated carbocycles. The predicted molar refractivity (Wildman–Crippen MR) is 110 cm³/mol. The highest BCUT2D eigenvalue weighted by atomic mass is 35.7. The van der Waals surface area contributed by atoms with Gasteiger partial charge in [-0.1, -0.05) is 76.8 Å². The van der Waals surface area contributed by atoms with Crippen molar-refractivity contribution in [2.75, 3.05) is 0 Å². The largest absolute Gasteiger partial charge is 0.401 e. The molecule has 27 heavy (non-hydrogen) atoms. The van der Waals surface area contributed by atoms with E-state index in [1.165, 1.54) is 57.1 Å². The van der Waals surface area contributed by atoms with Gasteiger partial charge in [0.25, 0.3) is 9.05 Å². The van der Waals surface area contributed by atoms with Crippen molar-refractivity contribution >= 4 is 39.7 Å². The molecule has 0 fully saturated rings. The van der Waals surface area contributed by atoms with Crippen molar-refractivity contribution in [2.45, 2.75) is 82.4 Å². The minimum Gasteiger partial charge on any atom is -0.369 e. The number of halogens is 2. The van der Waals surface area contributed by atoms with Gasteiger partial charge in [-0.05, 0) is 24.5 Å². The molecule has 0 aromatic heterocycles. The summed E-state index contributed by atoms with van der Waals surface area (Å²) >= 11 is 0. The van der Waals surface area contributed by atoms with E-state index >= 15 is 0 Å². The normalized spacial score (nSPS) is 12.3. The van der Waals surface area contributed by atoms with E-state index in [0.29, 0.717) is 12.0 Å². The van der Waals surface area contributed by atoms with Gasteiger partial charge in [-0.3, -0.25) is 0 Å². The number of para-hydroxylation sites is 1. The lowest BCUT2D eigenvalue weighted by molar-refractivity contribution is 0.490. The SMILES string of the molecule is CCCCCCCCCCCCc1cccc(S(=O)(=O)Cl)c1OS(=O)(=O)Cl. The highest BCUT2D eigenvalue weighted by Crippen LogP contribution is 2.33. The average molecular weight is 459 g/mol. The number of hydrogen-bond donors (Lipinski definition) is 0. The molecular formula is C18H28Cl2O5S2. The summed E-state index contributed by atoms with van der Waals surface area (Å²) < 4.78 is 50.6. The molecule has 0 aliphatic carbocycles. The second-order valence-corrected chi connectivity index (χ2v) is 11.2. The van der Waals surface area contributed by atoms with Crippen LogP contribution in [0.3, 0.4) is 0 Å². The van der Waals surface area contributed by atoms with Crippen molar-refractivity contribution in [3.63, 3.8) is 0 Å². The van der Waals surface area contributed by atoms with E-state index < -0.39 is 23.3 Å². The van der Waals surface area contributed by atoms with Gasteiger partial charge in [0.1, 0.15) is 4.90 Å². The lowest BCUT2D eigenvalue weighted by atomic mass is 10.0. The fourth-order valence-electron chi connectivity index (χ4n) is 2.95. The number of aryl methyl sites for hydroxylation is 1. The smallest absolute Gasteiger partial charge is 0.369 e. The van der Waals surface area contributed by atoms with Crippen molar-refractivity contribution in [2.24, 2.45) is 0 Å². The van der Waals surface area contributed by atoms with Gasteiger partial charge < -0.3 is 4.18 Å². The zero-order valence-electron chi connectivity index (χ0n) is 15.6. The Morgan fingerprint density at radius 1 is 0.815 bits per heavy atom. The topological polar surface area (TPSA) is 77.5 Å². The van der Waals surface area contributed by atoms with Gasteiger partial charge in [0.05, 0.1) is 10.7 Å². The summed E-state index contributed by atoms with van der Waals surface area (Å²) in [7, 11) is 1.98. The van der Waals surface area contributed by atoms with E-state index in [2.05, 4.69) is 6.92 Å². The Labute approximate surface area is 172 Å². The predicted octanol–water partition coefficient (Wildman–Crippen LogP) is 5.94. The Kier molecular flexibility index (Phi) is 11.0. The van der Waals surface area contributed by atoms with Crippen LogP contribution in [0.15, 0.2) is 23.1 Å². The van der Waals surface area contributed by atoms with Crippen molar-refractivity contribution in [3.8, 4) is 5.75 Å². The molecular weight excluding hydrogens is 431 g/mol. The van der Waals surface area contributed by atoms with E-state index in [1.54, 1.807) is 6.07 Å². The fourth-order valence-corrected chi connectivity index (χ4v) is 4.58. The summed E-state index contributed by atoms with van der Waals surface area (Å²) in [4.78, 5) is -0.391. The van der Waals surface area contributed by atoms with Crippen molar-refractivity contribution < 1.29 is 21.0 Å². The van der Waals surface area contributed by atoms with Crippen LogP contribution in [0.2, 0.25) is 0 Å². The van der Waals surface area contributed by atoms with Gasteiger partial charge in [-0.15, -0.1) is 0 Å². The van der Waals surface area contributed by atoms with Crippen LogP contribution in [0.25, 0.3) is 0 Å². The second-order valence-electron chi connectivity index (χ2n) is 6.59. The van der Waals surface area contributed by atoms with E-state index in [0.717, 1.165) is 19.3 Å². The number of benzene rings is 1. The molecule has 1 rings (SSSR count). The first-order chi connectivity index (χ1) is 12.6. The molecule has 0 spiro atoms. The van der Waals surface area contributed by atoms with Gasteiger partial charge >= 0.3 is 9.33 Å². The van der Waals surface area contributed by atoms with E-state index in [-0.39, 0.29) is 5.75 Å².